The molecule has 7 heteroatoms. The summed E-state index contributed by atoms with van der Waals surface area (Å²) in [4.78, 5) is 12.2. The molecule has 0 aliphatic heterocycles. The summed E-state index contributed by atoms with van der Waals surface area (Å²) in [6.07, 6.45) is 1.68. The van der Waals surface area contributed by atoms with Crippen LogP contribution in [0.4, 0.5) is 0 Å². The second kappa shape index (κ2) is 6.98. The Morgan fingerprint density at radius 2 is 1.87 bits per heavy atom. The number of aromatic hydroxyl groups is 1. The van der Waals surface area contributed by atoms with Crippen LogP contribution in [0.25, 0.3) is 5.70 Å². The van der Waals surface area contributed by atoms with Crippen LogP contribution in [-0.2, 0) is 0 Å². The minimum absolute atomic E-state index is 0.124. The lowest BCUT2D eigenvalue weighted by molar-refractivity contribution is 0.0941. The number of phenols is 1. The Hall–Kier alpha value is -2.11. The van der Waals surface area contributed by atoms with Crippen LogP contribution in [-0.4, -0.2) is 11.0 Å². The van der Waals surface area contributed by atoms with Gasteiger partial charge in [0, 0.05) is 10.6 Å². The predicted molar refractivity (Wildman–Crippen MR) is 90.6 cm³/mol. The summed E-state index contributed by atoms with van der Waals surface area (Å²) in [5.41, 5.74) is 6.58. The van der Waals surface area contributed by atoms with Gasteiger partial charge in [0.05, 0.1) is 16.3 Å². The van der Waals surface area contributed by atoms with Gasteiger partial charge in [0.25, 0.3) is 5.91 Å². The highest BCUT2D eigenvalue weighted by molar-refractivity contribution is 6.36. The molecular formula is C16H16Cl2N2O3. The van der Waals surface area contributed by atoms with Crippen LogP contribution in [0.2, 0.25) is 10.0 Å². The maximum Gasteiger partial charge on any atom is 0.273 e. The molecule has 23 heavy (non-hydrogen) atoms. The normalized spacial score (nSPS) is 11.4. The fraction of sp³-hybridized carbons (Fsp3) is 0.188. The number of aryl methyl sites for hydroxylation is 2. The average Bonchev–Trinajstić information content (AvgIpc) is 2.83. The molecule has 0 aliphatic rings. The first kappa shape index (κ1) is 17.2. The van der Waals surface area contributed by atoms with Crippen molar-refractivity contribution < 1.29 is 14.3 Å². The van der Waals surface area contributed by atoms with Crippen LogP contribution in [0.5, 0.6) is 5.75 Å². The first-order chi connectivity index (χ1) is 10.8. The summed E-state index contributed by atoms with van der Waals surface area (Å²) >= 11 is 11.9. The predicted octanol–water partition coefficient (Wildman–Crippen LogP) is 4.20. The topological polar surface area (TPSA) is 74.5 Å². The molecule has 1 aromatic carbocycles. The SMILES string of the molecule is C/C=C(\NNC(=O)c1cc(C)oc1C)c1cc(Cl)cc(Cl)c1O. The van der Waals surface area contributed by atoms with Gasteiger partial charge in [0.15, 0.2) is 0 Å². The number of rotatable bonds is 4. The molecule has 0 aliphatic carbocycles. The van der Waals surface area contributed by atoms with E-state index in [1.165, 1.54) is 6.07 Å². The van der Waals surface area contributed by atoms with E-state index in [4.69, 9.17) is 27.6 Å². The number of allylic oxidation sites excluding steroid dienone is 1. The molecule has 0 fully saturated rings. The minimum Gasteiger partial charge on any atom is -0.506 e. The quantitative estimate of drug-likeness (QED) is 0.719. The molecule has 3 N–H and O–H groups in total. The van der Waals surface area contributed by atoms with E-state index in [0.29, 0.717) is 33.4 Å². The van der Waals surface area contributed by atoms with Gasteiger partial charge in [0.1, 0.15) is 17.3 Å². The minimum atomic E-state index is -0.355. The standard InChI is InChI=1S/C16H16Cl2N2O3/c1-4-14(12-6-10(17)7-13(18)15(12)21)19-20-16(22)11-5-8(2)23-9(11)3/h4-7,19,21H,1-3H3,(H,20,22)/b14-4-. The number of phenolic OH excluding ortho intramolecular Hbond substituents is 1. The third-order valence-electron chi connectivity index (χ3n) is 3.20. The fourth-order valence-corrected chi connectivity index (χ4v) is 2.61. The molecule has 0 unspecified atom stereocenters. The van der Waals surface area contributed by atoms with Gasteiger partial charge >= 0.3 is 0 Å². The lowest BCUT2D eigenvalue weighted by Crippen LogP contribution is -2.36. The summed E-state index contributed by atoms with van der Waals surface area (Å²) in [6.45, 7) is 5.22. The number of halogens is 2. The van der Waals surface area contributed by atoms with E-state index in [1.807, 2.05) is 0 Å². The highest BCUT2D eigenvalue weighted by Gasteiger charge is 2.15. The average molecular weight is 355 g/mol. The van der Waals surface area contributed by atoms with E-state index in [2.05, 4.69) is 10.9 Å². The van der Waals surface area contributed by atoms with Crippen molar-refractivity contribution in [2.45, 2.75) is 20.8 Å². The molecular weight excluding hydrogens is 339 g/mol. The number of nitrogens with one attached hydrogen (secondary N) is 2. The number of benzene rings is 1. The highest BCUT2D eigenvalue weighted by atomic mass is 35.5. The number of carbonyl (C=O) groups is 1. The Morgan fingerprint density at radius 3 is 2.43 bits per heavy atom. The largest absolute Gasteiger partial charge is 0.506 e. The van der Waals surface area contributed by atoms with Crippen molar-refractivity contribution in [1.82, 2.24) is 10.9 Å². The van der Waals surface area contributed by atoms with Gasteiger partial charge in [-0.3, -0.25) is 15.6 Å². The van der Waals surface area contributed by atoms with Crippen molar-refractivity contribution in [1.29, 1.82) is 0 Å². The van der Waals surface area contributed by atoms with Crippen LogP contribution in [0, 0.1) is 13.8 Å². The summed E-state index contributed by atoms with van der Waals surface area (Å²) in [6, 6.07) is 4.63. The van der Waals surface area contributed by atoms with Crippen LogP contribution in [0.3, 0.4) is 0 Å². The van der Waals surface area contributed by atoms with Crippen LogP contribution < -0.4 is 10.9 Å². The maximum absolute atomic E-state index is 12.2. The monoisotopic (exact) mass is 354 g/mol. The van der Waals surface area contributed by atoms with E-state index in [-0.39, 0.29) is 16.7 Å². The van der Waals surface area contributed by atoms with E-state index < -0.39 is 0 Å². The van der Waals surface area contributed by atoms with Gasteiger partial charge in [-0.1, -0.05) is 29.3 Å². The van der Waals surface area contributed by atoms with Crippen LogP contribution >= 0.6 is 23.2 Å². The summed E-state index contributed by atoms with van der Waals surface area (Å²) < 4.78 is 5.33. The van der Waals surface area contributed by atoms with Crippen molar-refractivity contribution >= 4 is 34.8 Å². The fourth-order valence-electron chi connectivity index (χ4n) is 2.11. The molecule has 0 radical (unpaired) electrons. The van der Waals surface area contributed by atoms with Crippen LogP contribution in [0.15, 0.2) is 28.7 Å². The van der Waals surface area contributed by atoms with Gasteiger partial charge in [-0.15, -0.1) is 0 Å². The number of carbonyl (C=O) groups excluding carboxylic acids is 1. The number of hydrazine groups is 1. The third-order valence-corrected chi connectivity index (χ3v) is 3.71. The van der Waals surface area contributed by atoms with Crippen molar-refractivity contribution in [2.75, 3.05) is 0 Å². The molecule has 1 amide bonds. The molecule has 0 bridgehead atoms. The lowest BCUT2D eigenvalue weighted by atomic mass is 10.1. The second-order valence-corrected chi connectivity index (χ2v) is 5.74. The molecule has 122 valence electrons. The number of hydrogen-bond acceptors (Lipinski definition) is 4. The zero-order chi connectivity index (χ0) is 17.1. The first-order valence-corrected chi connectivity index (χ1v) is 7.57. The zero-order valence-electron chi connectivity index (χ0n) is 12.8. The number of furan rings is 1. The van der Waals surface area contributed by atoms with Gasteiger partial charge < -0.3 is 9.52 Å². The zero-order valence-corrected chi connectivity index (χ0v) is 14.3. The summed E-state index contributed by atoms with van der Waals surface area (Å²) in [7, 11) is 0. The smallest absolute Gasteiger partial charge is 0.273 e. The summed E-state index contributed by atoms with van der Waals surface area (Å²) in [5, 5.41) is 10.6. The van der Waals surface area contributed by atoms with E-state index in [9.17, 15) is 9.90 Å². The van der Waals surface area contributed by atoms with Crippen LogP contribution in [0.1, 0.15) is 34.4 Å². The van der Waals surface area contributed by atoms with E-state index in [1.54, 1.807) is 39.0 Å². The Kier molecular flexibility index (Phi) is 5.23. The second-order valence-electron chi connectivity index (χ2n) is 4.89. The van der Waals surface area contributed by atoms with Crippen molar-refractivity contribution in [3.05, 3.63) is 57.0 Å². The number of amides is 1. The van der Waals surface area contributed by atoms with Gasteiger partial charge in [-0.05, 0) is 39.0 Å². The Balaban J connectivity index is 2.18. The van der Waals surface area contributed by atoms with E-state index >= 15 is 0 Å². The molecule has 0 saturated heterocycles. The van der Waals surface area contributed by atoms with E-state index in [0.717, 1.165) is 0 Å². The van der Waals surface area contributed by atoms with Crippen molar-refractivity contribution in [2.24, 2.45) is 0 Å². The maximum atomic E-state index is 12.2. The Morgan fingerprint density at radius 1 is 1.17 bits per heavy atom. The first-order valence-electron chi connectivity index (χ1n) is 6.81. The molecule has 1 heterocycles. The third kappa shape index (κ3) is 3.81. The summed E-state index contributed by atoms with van der Waals surface area (Å²) in [5.74, 6) is 0.697. The Bertz CT molecular complexity index is 782. The Labute approximate surface area is 143 Å². The van der Waals surface area contributed by atoms with Crippen molar-refractivity contribution in [3.8, 4) is 5.75 Å². The molecule has 1 aromatic heterocycles. The molecule has 2 rings (SSSR count). The van der Waals surface area contributed by atoms with Gasteiger partial charge in [-0.2, -0.15) is 0 Å². The number of hydrogen-bond donors (Lipinski definition) is 3. The van der Waals surface area contributed by atoms with Gasteiger partial charge in [-0.25, -0.2) is 0 Å². The van der Waals surface area contributed by atoms with Gasteiger partial charge in [0.2, 0.25) is 0 Å². The molecule has 2 aromatic rings. The lowest BCUT2D eigenvalue weighted by Gasteiger charge is -2.14. The van der Waals surface area contributed by atoms with Crippen molar-refractivity contribution in [3.63, 3.8) is 0 Å². The highest BCUT2D eigenvalue weighted by Crippen LogP contribution is 2.34. The molecule has 0 spiro atoms. The molecule has 0 saturated carbocycles. The molecule has 5 nitrogen and oxygen atoms in total. The molecule has 0 atom stereocenters.